The molecule has 4 aromatic rings. The first-order valence-electron chi connectivity index (χ1n) is 13.2. The van der Waals surface area contributed by atoms with Gasteiger partial charge >= 0.3 is 0 Å². The van der Waals surface area contributed by atoms with Crippen molar-refractivity contribution in [3.05, 3.63) is 83.9 Å². The SMILES string of the molecule is CC[C@H]1CCCCN1C(=O)CSc1nnc(-c2cccc(S(=O)(=O)Nc3ccccc3Cl)c2)n1-c1ccccc1. The quantitative estimate of drug-likeness (QED) is 0.229. The van der Waals surface area contributed by atoms with Crippen LogP contribution in [0.4, 0.5) is 5.69 Å². The summed E-state index contributed by atoms with van der Waals surface area (Å²) in [5, 5.41) is 9.72. The molecule has 2 heterocycles. The Labute approximate surface area is 243 Å². The smallest absolute Gasteiger partial charge is 0.261 e. The number of sulfonamides is 1. The van der Waals surface area contributed by atoms with Gasteiger partial charge in [0.25, 0.3) is 10.0 Å². The number of benzene rings is 3. The Balaban J connectivity index is 1.45. The highest BCUT2D eigenvalue weighted by Gasteiger charge is 2.26. The standard InChI is InChI=1S/C29H30ClN5O3S2/c1-2-22-12-8-9-18-34(22)27(36)20-39-29-32-31-28(35(29)23-13-4-3-5-14-23)21-11-10-15-24(19-21)40(37,38)33-26-17-7-6-16-25(26)30/h3-7,10-11,13-17,19,22,33H,2,8-9,12,18,20H2,1H3/t22-/m0/s1. The van der Waals surface area contributed by atoms with Crippen molar-refractivity contribution in [2.45, 2.75) is 48.7 Å². The van der Waals surface area contributed by atoms with Crippen molar-refractivity contribution >= 4 is 45.0 Å². The maximum Gasteiger partial charge on any atom is 0.261 e. The largest absolute Gasteiger partial charge is 0.339 e. The summed E-state index contributed by atoms with van der Waals surface area (Å²) in [6.45, 7) is 2.91. The molecule has 40 heavy (non-hydrogen) atoms. The molecule has 1 N–H and O–H groups in total. The summed E-state index contributed by atoms with van der Waals surface area (Å²) in [6, 6.07) is 23.1. The summed E-state index contributed by atoms with van der Waals surface area (Å²) in [4.78, 5) is 15.2. The van der Waals surface area contributed by atoms with E-state index in [1.54, 1.807) is 42.5 Å². The van der Waals surface area contributed by atoms with Gasteiger partial charge in [-0.05, 0) is 62.1 Å². The van der Waals surface area contributed by atoms with Crippen molar-refractivity contribution in [2.24, 2.45) is 0 Å². The van der Waals surface area contributed by atoms with Gasteiger partial charge in [-0.1, -0.05) is 72.8 Å². The van der Waals surface area contributed by atoms with Crippen molar-refractivity contribution < 1.29 is 13.2 Å². The van der Waals surface area contributed by atoms with Crippen LogP contribution in [0.3, 0.4) is 0 Å². The van der Waals surface area contributed by atoms with Crippen LogP contribution in [0.5, 0.6) is 0 Å². The van der Waals surface area contributed by atoms with E-state index in [1.807, 2.05) is 39.8 Å². The third-order valence-electron chi connectivity index (χ3n) is 6.91. The molecular formula is C29H30ClN5O3S2. The normalized spacial score (nSPS) is 15.7. The number of nitrogens with one attached hydrogen (secondary N) is 1. The minimum absolute atomic E-state index is 0.0626. The molecule has 1 aliphatic heterocycles. The first kappa shape index (κ1) is 28.2. The average Bonchev–Trinajstić information content (AvgIpc) is 3.41. The lowest BCUT2D eigenvalue weighted by atomic mass is 10.0. The molecule has 0 aliphatic carbocycles. The number of amides is 1. The number of thioether (sulfide) groups is 1. The summed E-state index contributed by atoms with van der Waals surface area (Å²) in [7, 11) is -3.93. The van der Waals surface area contributed by atoms with Crippen LogP contribution in [0.2, 0.25) is 5.02 Å². The topological polar surface area (TPSA) is 97.2 Å². The van der Waals surface area contributed by atoms with Crippen molar-refractivity contribution in [1.29, 1.82) is 0 Å². The maximum atomic E-state index is 13.2. The van der Waals surface area contributed by atoms with Gasteiger partial charge in [0.2, 0.25) is 5.91 Å². The van der Waals surface area contributed by atoms with Gasteiger partial charge in [0.1, 0.15) is 0 Å². The van der Waals surface area contributed by atoms with E-state index in [0.29, 0.717) is 27.3 Å². The van der Waals surface area contributed by atoms with Gasteiger partial charge in [-0.2, -0.15) is 0 Å². The number of hydrogen-bond donors (Lipinski definition) is 1. The van der Waals surface area contributed by atoms with Crippen molar-refractivity contribution in [3.8, 4) is 17.1 Å². The molecule has 0 radical (unpaired) electrons. The molecule has 0 unspecified atom stereocenters. The van der Waals surface area contributed by atoms with Crippen LogP contribution in [0.1, 0.15) is 32.6 Å². The van der Waals surface area contributed by atoms with E-state index < -0.39 is 10.0 Å². The number of aromatic nitrogens is 3. The highest BCUT2D eigenvalue weighted by molar-refractivity contribution is 7.99. The van der Waals surface area contributed by atoms with E-state index in [-0.39, 0.29) is 22.6 Å². The lowest BCUT2D eigenvalue weighted by Gasteiger charge is -2.35. The molecule has 5 rings (SSSR count). The van der Waals surface area contributed by atoms with Gasteiger partial charge in [-0.3, -0.25) is 14.1 Å². The second kappa shape index (κ2) is 12.4. The molecule has 0 spiro atoms. The zero-order chi connectivity index (χ0) is 28.1. The fraction of sp³-hybridized carbons (Fsp3) is 0.276. The van der Waals surface area contributed by atoms with Crippen molar-refractivity contribution in [1.82, 2.24) is 19.7 Å². The minimum Gasteiger partial charge on any atom is -0.339 e. The van der Waals surface area contributed by atoms with Crippen molar-refractivity contribution in [3.63, 3.8) is 0 Å². The molecule has 1 fully saturated rings. The highest BCUT2D eigenvalue weighted by Crippen LogP contribution is 2.31. The second-order valence-electron chi connectivity index (χ2n) is 9.52. The average molecular weight is 596 g/mol. The molecule has 1 amide bonds. The van der Waals surface area contributed by atoms with E-state index in [1.165, 1.54) is 17.8 Å². The maximum absolute atomic E-state index is 13.2. The number of nitrogens with zero attached hydrogens (tertiary/aromatic N) is 4. The highest BCUT2D eigenvalue weighted by atomic mass is 35.5. The Hall–Kier alpha value is -3.34. The fourth-order valence-electron chi connectivity index (χ4n) is 4.87. The Morgan fingerprint density at radius 2 is 1.80 bits per heavy atom. The molecule has 3 aromatic carbocycles. The van der Waals surface area contributed by atoms with Gasteiger partial charge in [0.15, 0.2) is 11.0 Å². The van der Waals surface area contributed by atoms with Gasteiger partial charge in [-0.25, -0.2) is 8.42 Å². The van der Waals surface area contributed by atoms with Crippen LogP contribution in [0.25, 0.3) is 17.1 Å². The van der Waals surface area contributed by atoms with Crippen LogP contribution >= 0.6 is 23.4 Å². The Morgan fingerprint density at radius 3 is 2.58 bits per heavy atom. The molecule has 0 bridgehead atoms. The van der Waals surface area contributed by atoms with E-state index >= 15 is 0 Å². The van der Waals surface area contributed by atoms with E-state index in [4.69, 9.17) is 11.6 Å². The number of halogens is 1. The first-order chi connectivity index (χ1) is 19.4. The lowest BCUT2D eigenvalue weighted by Crippen LogP contribution is -2.44. The van der Waals surface area contributed by atoms with Gasteiger partial charge in [-0.15, -0.1) is 10.2 Å². The number of carbonyl (C=O) groups is 1. The van der Waals surface area contributed by atoms with Crippen molar-refractivity contribution in [2.75, 3.05) is 17.0 Å². The predicted molar refractivity (Wildman–Crippen MR) is 159 cm³/mol. The van der Waals surface area contributed by atoms with Crippen LogP contribution in [0, 0.1) is 0 Å². The monoisotopic (exact) mass is 595 g/mol. The number of rotatable bonds is 9. The van der Waals surface area contributed by atoms with Crippen LogP contribution < -0.4 is 4.72 Å². The molecule has 208 valence electrons. The fourth-order valence-corrected chi connectivity index (χ4v) is 7.07. The summed E-state index contributed by atoms with van der Waals surface area (Å²) < 4.78 is 30.9. The zero-order valence-corrected chi connectivity index (χ0v) is 24.4. The molecule has 0 saturated carbocycles. The van der Waals surface area contributed by atoms with E-state index in [0.717, 1.165) is 37.9 Å². The van der Waals surface area contributed by atoms with Gasteiger partial charge < -0.3 is 4.90 Å². The molecular weight excluding hydrogens is 566 g/mol. The summed E-state index contributed by atoms with van der Waals surface area (Å²) in [5.41, 5.74) is 1.67. The van der Waals surface area contributed by atoms with E-state index in [2.05, 4.69) is 21.8 Å². The van der Waals surface area contributed by atoms with Crippen LogP contribution in [0.15, 0.2) is 88.9 Å². The minimum atomic E-state index is -3.93. The number of carbonyl (C=O) groups excluding carboxylic acids is 1. The molecule has 1 aliphatic rings. The number of para-hydroxylation sites is 2. The zero-order valence-electron chi connectivity index (χ0n) is 22.0. The van der Waals surface area contributed by atoms with Crippen LogP contribution in [-0.2, 0) is 14.8 Å². The summed E-state index contributed by atoms with van der Waals surface area (Å²) in [5.74, 6) is 0.817. The first-order valence-corrected chi connectivity index (χ1v) is 16.0. The lowest BCUT2D eigenvalue weighted by molar-refractivity contribution is -0.132. The Kier molecular flexibility index (Phi) is 8.78. The third kappa shape index (κ3) is 6.19. The summed E-state index contributed by atoms with van der Waals surface area (Å²) in [6.07, 6.45) is 4.18. The molecule has 1 saturated heterocycles. The Morgan fingerprint density at radius 1 is 1.02 bits per heavy atom. The van der Waals surface area contributed by atoms with Gasteiger partial charge in [0.05, 0.1) is 21.4 Å². The number of likely N-dealkylation sites (tertiary alicyclic amines) is 1. The molecule has 1 aromatic heterocycles. The van der Waals surface area contributed by atoms with E-state index in [9.17, 15) is 13.2 Å². The Bertz CT molecular complexity index is 1590. The molecule has 11 heteroatoms. The third-order valence-corrected chi connectivity index (χ3v) is 9.52. The number of anilines is 1. The second-order valence-corrected chi connectivity index (χ2v) is 12.6. The summed E-state index contributed by atoms with van der Waals surface area (Å²) >= 11 is 7.51. The number of hydrogen-bond acceptors (Lipinski definition) is 6. The van der Waals surface area contributed by atoms with Crippen LogP contribution in [-0.4, -0.2) is 52.3 Å². The molecule has 8 nitrogen and oxygen atoms in total. The number of piperidine rings is 1. The van der Waals surface area contributed by atoms with Gasteiger partial charge in [0, 0.05) is 23.8 Å². The molecule has 1 atom stereocenters. The predicted octanol–water partition coefficient (Wildman–Crippen LogP) is 6.27.